The molecule has 1 aliphatic carbocycles. The van der Waals surface area contributed by atoms with E-state index in [2.05, 4.69) is 20.3 Å². The number of hydrogen-bond donors (Lipinski definition) is 4. The second-order valence-electron chi connectivity index (χ2n) is 6.27. The second-order valence-corrected chi connectivity index (χ2v) is 10.4. The Bertz CT molecular complexity index is 278. The Labute approximate surface area is 154 Å². The molecule has 0 amide bonds. The molecule has 0 unspecified atom stereocenters. The van der Waals surface area contributed by atoms with E-state index >= 15 is 0 Å². The van der Waals surface area contributed by atoms with Crippen LogP contribution in [0, 0.1) is 5.92 Å². The van der Waals surface area contributed by atoms with Crippen LogP contribution in [0.5, 0.6) is 0 Å². The molecule has 0 radical (unpaired) electrons. The number of rotatable bonds is 11. The van der Waals surface area contributed by atoms with Crippen LogP contribution < -0.4 is 25.0 Å². The summed E-state index contributed by atoms with van der Waals surface area (Å²) in [4.78, 5) is 4.49. The minimum absolute atomic E-state index is 0.0244. The molecule has 22 heavy (non-hydrogen) atoms. The molecule has 7 heteroatoms. The van der Waals surface area contributed by atoms with E-state index in [4.69, 9.17) is 0 Å². The summed E-state index contributed by atoms with van der Waals surface area (Å²) < 4.78 is 23.1. The van der Waals surface area contributed by atoms with E-state index in [0.29, 0.717) is 16.5 Å². The van der Waals surface area contributed by atoms with Crippen LogP contribution in [0.1, 0.15) is 51.9 Å². The molecule has 1 saturated carbocycles. The monoisotopic (exact) mass is 543 g/mol. The van der Waals surface area contributed by atoms with Gasteiger partial charge in [-0.05, 0) is 0 Å². The molecule has 0 heterocycles. The Hall–Kier alpha value is 1.26. The van der Waals surface area contributed by atoms with Crippen molar-refractivity contribution in [2.75, 3.05) is 22.6 Å². The second kappa shape index (κ2) is 12.6. The van der Waals surface area contributed by atoms with Gasteiger partial charge in [0.05, 0.1) is 0 Å². The Kier molecular flexibility index (Phi) is 12.2. The summed E-state index contributed by atoms with van der Waals surface area (Å²) >= 11 is -2.67. The predicted molar refractivity (Wildman–Crippen MR) is 95.2 cm³/mol. The van der Waals surface area contributed by atoms with Gasteiger partial charge in [-0.25, -0.2) is 0 Å². The number of nitrogens with one attached hydrogen (secondary N) is 1. The van der Waals surface area contributed by atoms with E-state index in [9.17, 15) is 12.0 Å². The van der Waals surface area contributed by atoms with Crippen LogP contribution in [-0.2, 0) is 0 Å². The van der Waals surface area contributed by atoms with Gasteiger partial charge in [0.25, 0.3) is 0 Å². The van der Waals surface area contributed by atoms with Crippen molar-refractivity contribution in [1.29, 1.82) is 0 Å². The van der Waals surface area contributed by atoms with E-state index < -0.39 is 20.6 Å². The van der Waals surface area contributed by atoms with Gasteiger partial charge in [-0.2, -0.15) is 0 Å². The fourth-order valence-corrected chi connectivity index (χ4v) is 5.95. The van der Waals surface area contributed by atoms with Crippen LogP contribution in [0.25, 0.3) is 0 Å². The Balaban J connectivity index is 2.47. The van der Waals surface area contributed by atoms with Crippen LogP contribution in [-0.4, -0.2) is 51.6 Å². The van der Waals surface area contributed by atoms with Gasteiger partial charge in [-0.15, -0.1) is 0 Å². The average molecular weight is 543 g/mol. The fourth-order valence-electron chi connectivity index (χ4n) is 3.14. The van der Waals surface area contributed by atoms with E-state index in [1.165, 1.54) is 0 Å². The van der Waals surface area contributed by atoms with Crippen molar-refractivity contribution in [3.63, 3.8) is 0 Å². The molecule has 0 bridgehead atoms. The Morgan fingerprint density at radius 1 is 1.27 bits per heavy atom. The SMILES string of the molecule is CCCCN(C[C@H](CC1CCC(O)CC1)N[I-]C)CI(O)O. The zero-order chi connectivity index (χ0) is 16.4. The third-order valence-corrected chi connectivity index (χ3v) is 7.36. The molecule has 5 nitrogen and oxygen atoms in total. The number of hydrogen-bond acceptors (Lipinski definition) is 5. The van der Waals surface area contributed by atoms with Gasteiger partial charge < -0.3 is 0 Å². The summed E-state index contributed by atoms with van der Waals surface area (Å²) in [6.07, 6.45) is 7.49. The Morgan fingerprint density at radius 3 is 2.50 bits per heavy atom. The van der Waals surface area contributed by atoms with Crippen LogP contribution in [0.2, 0.25) is 0 Å². The normalized spacial score (nSPS) is 24.7. The standard InChI is InChI=1S/C15H33I2N2O3/c1-3-4-9-19(12-17(21)22)11-14(18-16-2)10-13-5-7-15(20)8-6-13/h13-15,18,20-22H,3-12H2,1-2H3/q-1/t13?,14-,15?/m0/s1. The molecule has 0 aliphatic heterocycles. The van der Waals surface area contributed by atoms with Gasteiger partial charge in [0.2, 0.25) is 0 Å². The van der Waals surface area contributed by atoms with Crippen molar-refractivity contribution in [2.24, 2.45) is 5.92 Å². The molecule has 1 rings (SSSR count). The van der Waals surface area contributed by atoms with Crippen molar-refractivity contribution in [3.8, 4) is 0 Å². The molecule has 0 aromatic carbocycles. The van der Waals surface area contributed by atoms with Gasteiger partial charge in [0, 0.05) is 0 Å². The first-order valence-corrected chi connectivity index (χ1v) is 14.9. The van der Waals surface area contributed by atoms with Crippen molar-refractivity contribution < 1.29 is 33.5 Å². The molecule has 1 aliphatic rings. The first-order valence-electron chi connectivity index (χ1n) is 8.23. The number of alkyl halides is 2. The summed E-state index contributed by atoms with van der Waals surface area (Å²) in [6, 6.07) is 0.464. The first kappa shape index (κ1) is 21.3. The van der Waals surface area contributed by atoms with Gasteiger partial charge in [0.1, 0.15) is 0 Å². The third-order valence-electron chi connectivity index (χ3n) is 4.28. The van der Waals surface area contributed by atoms with Crippen LogP contribution in [0.4, 0.5) is 0 Å². The quantitative estimate of drug-likeness (QED) is 0.115. The van der Waals surface area contributed by atoms with Gasteiger partial charge in [-0.3, -0.25) is 0 Å². The van der Waals surface area contributed by atoms with E-state index in [-0.39, 0.29) is 27.6 Å². The van der Waals surface area contributed by atoms with Crippen molar-refractivity contribution in [1.82, 2.24) is 8.43 Å². The first-order chi connectivity index (χ1) is 10.5. The molecule has 0 spiro atoms. The van der Waals surface area contributed by atoms with E-state index in [0.717, 1.165) is 58.0 Å². The molecular weight excluding hydrogens is 510 g/mol. The maximum absolute atomic E-state index is 9.64. The van der Waals surface area contributed by atoms with Gasteiger partial charge in [0.15, 0.2) is 0 Å². The molecule has 4 N–H and O–H groups in total. The zero-order valence-corrected chi connectivity index (χ0v) is 18.2. The topological polar surface area (TPSA) is 76.0 Å². The number of aliphatic hydroxyl groups excluding tert-OH is 1. The minimum atomic E-state index is -2.69. The van der Waals surface area contributed by atoms with Gasteiger partial charge in [-0.1, -0.05) is 0 Å². The zero-order valence-electron chi connectivity index (χ0n) is 13.8. The summed E-state index contributed by atoms with van der Waals surface area (Å²) in [6.45, 7) is 4.07. The van der Waals surface area contributed by atoms with Crippen molar-refractivity contribution in [2.45, 2.75) is 64.0 Å². The molecule has 1 fully saturated rings. The maximum atomic E-state index is 9.64. The molecule has 136 valence electrons. The average Bonchev–Trinajstić information content (AvgIpc) is 2.47. The van der Waals surface area contributed by atoms with E-state index in [1.54, 1.807) is 0 Å². The Morgan fingerprint density at radius 2 is 1.95 bits per heavy atom. The summed E-state index contributed by atoms with van der Waals surface area (Å²) in [7, 11) is 0. The number of halogens is 2. The molecular formula is C15H33I2N2O3-. The summed E-state index contributed by atoms with van der Waals surface area (Å²) in [5.74, 6) is 0.711. The third kappa shape index (κ3) is 9.53. The number of nitrogens with zero attached hydrogens (tertiary/aromatic N) is 1. The van der Waals surface area contributed by atoms with Crippen LogP contribution >= 0.6 is 20.6 Å². The van der Waals surface area contributed by atoms with Crippen molar-refractivity contribution >= 4 is 20.6 Å². The summed E-state index contributed by atoms with van der Waals surface area (Å²) in [5.41, 5.74) is 0. The van der Waals surface area contributed by atoms with Gasteiger partial charge >= 0.3 is 155 Å². The summed E-state index contributed by atoms with van der Waals surface area (Å²) in [5, 5.41) is 9.64. The van der Waals surface area contributed by atoms with E-state index in [1.807, 2.05) is 0 Å². The van der Waals surface area contributed by atoms with Crippen molar-refractivity contribution in [3.05, 3.63) is 0 Å². The molecule has 0 aromatic rings. The molecule has 0 saturated heterocycles. The van der Waals surface area contributed by atoms with Crippen LogP contribution in [0.15, 0.2) is 0 Å². The molecule has 0 aromatic heterocycles. The predicted octanol–water partition coefficient (Wildman–Crippen LogP) is -1.10. The number of aliphatic hydroxyl groups is 1. The number of unbranched alkanes of at least 4 members (excludes halogenated alkanes) is 1. The fraction of sp³-hybridized carbons (Fsp3) is 1.00. The van der Waals surface area contributed by atoms with Crippen LogP contribution in [0.3, 0.4) is 0 Å². The molecule has 1 atom stereocenters.